The van der Waals surface area contributed by atoms with Crippen LogP contribution < -0.4 is 0 Å². The minimum Gasteiger partial charge on any atom is -0.481 e. The van der Waals surface area contributed by atoms with Crippen molar-refractivity contribution in [3.63, 3.8) is 0 Å². The molecule has 5 nitrogen and oxygen atoms in total. The molecule has 0 unspecified atom stereocenters. The number of hydrogen-bond donors (Lipinski definition) is 2. The van der Waals surface area contributed by atoms with Gasteiger partial charge in [-0.05, 0) is 45.4 Å². The predicted octanol–water partition coefficient (Wildman–Crippen LogP) is 2.75. The number of carboxylic acid groups (broad SMARTS) is 1. The number of aliphatic hydroxyl groups is 1. The maximum Gasteiger partial charge on any atom is 0.308 e. The minimum atomic E-state index is -0.602. The van der Waals surface area contributed by atoms with Gasteiger partial charge in [-0.3, -0.25) is 9.59 Å². The average Bonchev–Trinajstić information content (AvgIpc) is 2.50. The van der Waals surface area contributed by atoms with Gasteiger partial charge in [0.2, 0.25) is 0 Å². The average molecular weight is 300 g/mol. The van der Waals surface area contributed by atoms with Gasteiger partial charge in [-0.2, -0.15) is 0 Å². The standard InChI is InChI=1S/C9H16O3.C7H12O2/c1-2-12-9(11)7-3-5-8(10)6-4-7;8-7(9)6-4-2-1-3-5-6/h7-8,10H,2-6H2,1H3;6H,1-5H2,(H,8,9). The van der Waals surface area contributed by atoms with E-state index in [0.29, 0.717) is 6.61 Å². The Bertz CT molecular complexity index is 315. The third kappa shape index (κ3) is 6.93. The van der Waals surface area contributed by atoms with E-state index in [1.807, 2.05) is 6.92 Å². The summed E-state index contributed by atoms with van der Waals surface area (Å²) in [4.78, 5) is 21.6. The Kier molecular flexibility index (Phi) is 8.35. The first kappa shape index (κ1) is 18.0. The highest BCUT2D eigenvalue weighted by Crippen LogP contribution is 2.25. The Morgan fingerprint density at radius 3 is 1.95 bits per heavy atom. The summed E-state index contributed by atoms with van der Waals surface area (Å²) in [6.07, 6.45) is 8.07. The summed E-state index contributed by atoms with van der Waals surface area (Å²) in [7, 11) is 0. The van der Waals surface area contributed by atoms with Crippen molar-refractivity contribution in [3.05, 3.63) is 0 Å². The van der Waals surface area contributed by atoms with Gasteiger partial charge >= 0.3 is 11.9 Å². The Hall–Kier alpha value is -1.10. The van der Waals surface area contributed by atoms with E-state index in [4.69, 9.17) is 9.84 Å². The van der Waals surface area contributed by atoms with Gasteiger partial charge in [0, 0.05) is 0 Å². The lowest BCUT2D eigenvalue weighted by Crippen LogP contribution is -2.25. The van der Waals surface area contributed by atoms with Gasteiger partial charge in [0.15, 0.2) is 0 Å². The highest BCUT2D eigenvalue weighted by Gasteiger charge is 2.25. The Balaban J connectivity index is 0.000000219. The van der Waals surface area contributed by atoms with Crippen molar-refractivity contribution < 1.29 is 24.5 Å². The van der Waals surface area contributed by atoms with Gasteiger partial charge in [-0.15, -0.1) is 0 Å². The van der Waals surface area contributed by atoms with E-state index in [2.05, 4.69) is 0 Å². The molecule has 2 fully saturated rings. The van der Waals surface area contributed by atoms with Crippen LogP contribution in [0.5, 0.6) is 0 Å². The molecule has 0 bridgehead atoms. The normalized spacial score (nSPS) is 26.4. The van der Waals surface area contributed by atoms with Gasteiger partial charge in [0.25, 0.3) is 0 Å². The van der Waals surface area contributed by atoms with Crippen molar-refractivity contribution in [2.24, 2.45) is 11.8 Å². The van der Waals surface area contributed by atoms with Gasteiger partial charge in [0.05, 0.1) is 24.5 Å². The zero-order valence-corrected chi connectivity index (χ0v) is 12.9. The number of aliphatic hydroxyl groups excluding tert-OH is 1. The van der Waals surface area contributed by atoms with Crippen LogP contribution in [0, 0.1) is 11.8 Å². The van der Waals surface area contributed by atoms with Gasteiger partial charge in [-0.1, -0.05) is 19.3 Å². The molecule has 122 valence electrons. The third-order valence-corrected chi connectivity index (χ3v) is 4.27. The molecule has 0 saturated heterocycles. The topological polar surface area (TPSA) is 83.8 Å². The zero-order chi connectivity index (χ0) is 15.7. The second-order valence-electron chi connectivity index (χ2n) is 5.93. The molecule has 0 amide bonds. The minimum absolute atomic E-state index is 0.0289. The Morgan fingerprint density at radius 2 is 1.52 bits per heavy atom. The lowest BCUT2D eigenvalue weighted by Gasteiger charge is -2.23. The second-order valence-corrected chi connectivity index (χ2v) is 5.93. The fourth-order valence-corrected chi connectivity index (χ4v) is 2.92. The molecule has 2 rings (SSSR count). The summed E-state index contributed by atoms with van der Waals surface area (Å²) in [6, 6.07) is 0. The van der Waals surface area contributed by atoms with Crippen LogP contribution in [-0.4, -0.2) is 34.9 Å². The summed E-state index contributed by atoms with van der Waals surface area (Å²) in [5.74, 6) is -0.689. The molecule has 21 heavy (non-hydrogen) atoms. The monoisotopic (exact) mass is 300 g/mol. The molecule has 0 aromatic rings. The van der Waals surface area contributed by atoms with E-state index in [1.165, 1.54) is 6.42 Å². The number of carboxylic acids is 1. The van der Waals surface area contributed by atoms with Crippen LogP contribution in [0.15, 0.2) is 0 Å². The highest BCUT2D eigenvalue weighted by molar-refractivity contribution is 5.72. The van der Waals surface area contributed by atoms with Gasteiger partial charge in [-0.25, -0.2) is 0 Å². The zero-order valence-electron chi connectivity index (χ0n) is 12.9. The van der Waals surface area contributed by atoms with Crippen LogP contribution >= 0.6 is 0 Å². The Labute approximate surface area is 126 Å². The molecule has 2 aliphatic rings. The van der Waals surface area contributed by atoms with Crippen molar-refractivity contribution in [1.82, 2.24) is 0 Å². The van der Waals surface area contributed by atoms with E-state index in [1.54, 1.807) is 0 Å². The van der Waals surface area contributed by atoms with Crippen LogP contribution in [0.4, 0.5) is 0 Å². The van der Waals surface area contributed by atoms with Crippen LogP contribution in [0.3, 0.4) is 0 Å². The van der Waals surface area contributed by atoms with E-state index < -0.39 is 5.97 Å². The summed E-state index contributed by atoms with van der Waals surface area (Å²) in [6.45, 7) is 2.27. The van der Waals surface area contributed by atoms with E-state index in [-0.39, 0.29) is 23.9 Å². The summed E-state index contributed by atoms with van der Waals surface area (Å²) in [5.41, 5.74) is 0. The molecule has 2 N–H and O–H groups in total. The van der Waals surface area contributed by atoms with Crippen molar-refractivity contribution >= 4 is 11.9 Å². The summed E-state index contributed by atoms with van der Waals surface area (Å²) >= 11 is 0. The molecule has 5 heteroatoms. The smallest absolute Gasteiger partial charge is 0.308 e. The number of hydrogen-bond acceptors (Lipinski definition) is 4. The number of rotatable bonds is 3. The highest BCUT2D eigenvalue weighted by atomic mass is 16.5. The molecular weight excluding hydrogens is 272 g/mol. The molecule has 0 atom stereocenters. The van der Waals surface area contributed by atoms with E-state index in [9.17, 15) is 14.7 Å². The maximum atomic E-state index is 11.2. The van der Waals surface area contributed by atoms with Crippen molar-refractivity contribution in [3.8, 4) is 0 Å². The first-order chi connectivity index (χ1) is 10.0. The van der Waals surface area contributed by atoms with Crippen LogP contribution in [0.1, 0.15) is 64.7 Å². The lowest BCUT2D eigenvalue weighted by molar-refractivity contribution is -0.149. The molecule has 0 aromatic carbocycles. The van der Waals surface area contributed by atoms with Crippen molar-refractivity contribution in [2.75, 3.05) is 6.61 Å². The number of carbonyl (C=O) groups excluding carboxylic acids is 1. The van der Waals surface area contributed by atoms with Crippen LogP contribution in [-0.2, 0) is 14.3 Å². The number of ether oxygens (including phenoxy) is 1. The Morgan fingerprint density at radius 1 is 0.952 bits per heavy atom. The number of aliphatic carboxylic acids is 1. The quantitative estimate of drug-likeness (QED) is 0.783. The molecular formula is C16H28O5. The van der Waals surface area contributed by atoms with Gasteiger partial charge in [0.1, 0.15) is 0 Å². The van der Waals surface area contributed by atoms with Crippen LogP contribution in [0.25, 0.3) is 0 Å². The first-order valence-electron chi connectivity index (χ1n) is 8.12. The predicted molar refractivity (Wildman–Crippen MR) is 78.8 cm³/mol. The number of carbonyl (C=O) groups is 2. The molecule has 0 radical (unpaired) electrons. The summed E-state index contributed by atoms with van der Waals surface area (Å²) < 4.78 is 4.90. The largest absolute Gasteiger partial charge is 0.481 e. The van der Waals surface area contributed by atoms with Crippen LogP contribution in [0.2, 0.25) is 0 Å². The van der Waals surface area contributed by atoms with E-state index in [0.717, 1.165) is 51.4 Å². The fraction of sp³-hybridized carbons (Fsp3) is 0.875. The SMILES string of the molecule is CCOC(=O)C1CCC(O)CC1.O=C(O)C1CCCCC1. The third-order valence-electron chi connectivity index (χ3n) is 4.27. The maximum absolute atomic E-state index is 11.2. The molecule has 0 spiro atoms. The van der Waals surface area contributed by atoms with E-state index >= 15 is 0 Å². The number of esters is 1. The molecule has 0 aliphatic heterocycles. The first-order valence-corrected chi connectivity index (χ1v) is 8.12. The van der Waals surface area contributed by atoms with Gasteiger partial charge < -0.3 is 14.9 Å². The molecule has 2 aliphatic carbocycles. The molecule has 2 saturated carbocycles. The molecule has 0 heterocycles. The molecule has 0 aromatic heterocycles. The summed E-state index contributed by atoms with van der Waals surface area (Å²) in [5, 5.41) is 17.7. The lowest BCUT2D eigenvalue weighted by atomic mass is 9.88. The second kappa shape index (κ2) is 9.77. The van der Waals surface area contributed by atoms with Crippen molar-refractivity contribution in [2.45, 2.75) is 70.8 Å². The van der Waals surface area contributed by atoms with Crippen molar-refractivity contribution in [1.29, 1.82) is 0 Å². The fourth-order valence-electron chi connectivity index (χ4n) is 2.92.